The molecule has 7 heteroatoms. The van der Waals surface area contributed by atoms with Crippen LogP contribution < -0.4 is 5.73 Å². The highest BCUT2D eigenvalue weighted by Gasteiger charge is 2.21. The predicted octanol–water partition coefficient (Wildman–Crippen LogP) is 1.69. The van der Waals surface area contributed by atoms with E-state index in [2.05, 4.69) is 28.0 Å². The van der Waals surface area contributed by atoms with Gasteiger partial charge in [0.25, 0.3) is 5.89 Å². The van der Waals surface area contributed by atoms with Gasteiger partial charge in [0.1, 0.15) is 0 Å². The van der Waals surface area contributed by atoms with E-state index in [0.717, 1.165) is 44.1 Å². The van der Waals surface area contributed by atoms with Crippen LogP contribution in [0.2, 0.25) is 0 Å². The molecule has 6 nitrogen and oxygen atoms in total. The summed E-state index contributed by atoms with van der Waals surface area (Å²) >= 11 is 1.62. The van der Waals surface area contributed by atoms with Gasteiger partial charge in [-0.05, 0) is 23.4 Å². The van der Waals surface area contributed by atoms with Crippen LogP contribution in [0, 0.1) is 0 Å². The number of morpholine rings is 1. The van der Waals surface area contributed by atoms with Crippen molar-refractivity contribution in [2.24, 2.45) is 5.73 Å². The summed E-state index contributed by atoms with van der Waals surface area (Å²) in [5, 5.41) is 6.10. The fourth-order valence-corrected chi connectivity index (χ4v) is 3.34. The number of aromatic nitrogens is 2. The maximum Gasteiger partial charge on any atom is 0.268 e. The first-order chi connectivity index (χ1) is 10.3. The van der Waals surface area contributed by atoms with Gasteiger partial charge >= 0.3 is 0 Å². The van der Waals surface area contributed by atoms with Gasteiger partial charge in [0, 0.05) is 19.6 Å². The smallest absolute Gasteiger partial charge is 0.268 e. The molecule has 0 aliphatic carbocycles. The predicted molar refractivity (Wildman–Crippen MR) is 81.2 cm³/mol. The van der Waals surface area contributed by atoms with Crippen molar-refractivity contribution in [2.45, 2.75) is 19.4 Å². The molecule has 0 saturated carbocycles. The third-order valence-electron chi connectivity index (χ3n) is 3.65. The lowest BCUT2D eigenvalue weighted by Crippen LogP contribution is -2.40. The van der Waals surface area contributed by atoms with Gasteiger partial charge in [-0.15, -0.1) is 11.3 Å². The number of hydrogen-bond donors (Lipinski definition) is 1. The lowest BCUT2D eigenvalue weighted by atomic mass is 10.2. The average molecular weight is 308 g/mol. The Bertz CT molecular complexity index is 577. The monoisotopic (exact) mass is 308 g/mol. The number of nitrogens with zero attached hydrogens (tertiary/aromatic N) is 3. The molecule has 0 bridgehead atoms. The van der Waals surface area contributed by atoms with Crippen LogP contribution in [-0.4, -0.2) is 47.9 Å². The lowest BCUT2D eigenvalue weighted by Gasteiger charge is -2.27. The first-order valence-electron chi connectivity index (χ1n) is 7.24. The zero-order valence-electron chi connectivity index (χ0n) is 12.1. The number of thiophene rings is 1. The largest absolute Gasteiger partial charge is 0.379 e. The third kappa shape index (κ3) is 3.32. The minimum absolute atomic E-state index is 0.231. The van der Waals surface area contributed by atoms with E-state index in [9.17, 15) is 0 Å². The summed E-state index contributed by atoms with van der Waals surface area (Å²) in [6.07, 6.45) is 0.955. The number of aryl methyl sites for hydroxylation is 1. The second-order valence-corrected chi connectivity index (χ2v) is 6.02. The molecule has 1 unspecified atom stereocenters. The zero-order valence-corrected chi connectivity index (χ0v) is 12.9. The molecule has 114 valence electrons. The summed E-state index contributed by atoms with van der Waals surface area (Å²) in [7, 11) is 0. The average Bonchev–Trinajstić information content (AvgIpc) is 3.16. The van der Waals surface area contributed by atoms with Crippen molar-refractivity contribution < 1.29 is 9.26 Å². The minimum atomic E-state index is -0.231. The normalized spacial score (nSPS) is 18.0. The van der Waals surface area contributed by atoms with Crippen LogP contribution >= 0.6 is 11.3 Å². The summed E-state index contributed by atoms with van der Waals surface area (Å²) in [5.74, 6) is 1.15. The third-order valence-corrected chi connectivity index (χ3v) is 4.60. The van der Waals surface area contributed by atoms with Crippen LogP contribution in [0.3, 0.4) is 0 Å². The Morgan fingerprint density at radius 1 is 1.43 bits per heavy atom. The van der Waals surface area contributed by atoms with E-state index < -0.39 is 0 Å². The van der Waals surface area contributed by atoms with Crippen LogP contribution in [-0.2, 0) is 11.2 Å². The highest BCUT2D eigenvalue weighted by atomic mass is 32.1. The summed E-state index contributed by atoms with van der Waals surface area (Å²) in [6, 6.07) is 1.86. The summed E-state index contributed by atoms with van der Waals surface area (Å²) < 4.78 is 10.7. The maximum absolute atomic E-state index is 6.20. The molecule has 2 aromatic heterocycles. The first kappa shape index (κ1) is 14.6. The Kier molecular flexibility index (Phi) is 4.64. The second-order valence-electron chi connectivity index (χ2n) is 5.11. The van der Waals surface area contributed by atoms with Gasteiger partial charge in [-0.1, -0.05) is 12.1 Å². The molecule has 21 heavy (non-hydrogen) atoms. The lowest BCUT2D eigenvalue weighted by molar-refractivity contribution is 0.0348. The quantitative estimate of drug-likeness (QED) is 0.906. The van der Waals surface area contributed by atoms with Gasteiger partial charge < -0.3 is 15.0 Å². The van der Waals surface area contributed by atoms with Gasteiger partial charge in [-0.3, -0.25) is 4.90 Å². The number of rotatable bonds is 5. The highest BCUT2D eigenvalue weighted by molar-refractivity contribution is 7.13. The fraction of sp³-hybridized carbons (Fsp3) is 0.571. The molecule has 1 atom stereocenters. The van der Waals surface area contributed by atoms with E-state index >= 15 is 0 Å². The van der Waals surface area contributed by atoms with Crippen molar-refractivity contribution in [2.75, 3.05) is 32.8 Å². The fourth-order valence-electron chi connectivity index (χ4n) is 2.42. The molecule has 3 rings (SSSR count). The Morgan fingerprint density at radius 2 is 2.24 bits per heavy atom. The molecule has 0 spiro atoms. The molecular weight excluding hydrogens is 288 g/mol. The van der Waals surface area contributed by atoms with E-state index in [-0.39, 0.29) is 6.04 Å². The van der Waals surface area contributed by atoms with E-state index in [0.29, 0.717) is 11.7 Å². The van der Waals surface area contributed by atoms with Crippen LogP contribution in [0.1, 0.15) is 24.4 Å². The van der Waals surface area contributed by atoms with Crippen LogP contribution in [0.15, 0.2) is 16.0 Å². The van der Waals surface area contributed by atoms with Gasteiger partial charge in [-0.25, -0.2) is 0 Å². The van der Waals surface area contributed by atoms with E-state index in [4.69, 9.17) is 15.0 Å². The summed E-state index contributed by atoms with van der Waals surface area (Å²) in [5.41, 5.74) is 7.43. The van der Waals surface area contributed by atoms with E-state index in [1.54, 1.807) is 11.3 Å². The molecular formula is C14H20N4O2S. The standard InChI is InChI=1S/C14H20N4O2S/c1-2-10-3-8-21-12(10)14-16-13(17-20-14)11(15)9-18-4-6-19-7-5-18/h3,8,11H,2,4-7,9,15H2,1H3. The topological polar surface area (TPSA) is 77.4 Å². The van der Waals surface area contributed by atoms with Gasteiger partial charge in [0.15, 0.2) is 5.82 Å². The van der Waals surface area contributed by atoms with Crippen molar-refractivity contribution >= 4 is 11.3 Å². The summed E-state index contributed by atoms with van der Waals surface area (Å²) in [6.45, 7) is 6.19. The Balaban J connectivity index is 1.69. The molecule has 1 aliphatic heterocycles. The molecule has 0 amide bonds. The number of hydrogen-bond acceptors (Lipinski definition) is 7. The molecule has 1 aliphatic rings. The van der Waals surface area contributed by atoms with E-state index in [1.807, 2.05) is 5.38 Å². The van der Waals surface area contributed by atoms with Crippen LogP contribution in [0.25, 0.3) is 10.8 Å². The van der Waals surface area contributed by atoms with Crippen molar-refractivity contribution in [3.63, 3.8) is 0 Å². The highest BCUT2D eigenvalue weighted by Crippen LogP contribution is 2.29. The molecule has 0 aromatic carbocycles. The molecule has 1 fully saturated rings. The number of ether oxygens (including phenoxy) is 1. The molecule has 1 saturated heterocycles. The molecule has 3 heterocycles. The zero-order chi connectivity index (χ0) is 14.7. The second kappa shape index (κ2) is 6.65. The van der Waals surface area contributed by atoms with Crippen molar-refractivity contribution in [3.8, 4) is 10.8 Å². The Hall–Kier alpha value is -1.28. The Labute approximate surface area is 127 Å². The molecule has 2 aromatic rings. The molecule has 2 N–H and O–H groups in total. The Morgan fingerprint density at radius 3 is 3.00 bits per heavy atom. The van der Waals surface area contributed by atoms with Gasteiger partial charge in [0.05, 0.1) is 24.1 Å². The van der Waals surface area contributed by atoms with Crippen molar-refractivity contribution in [3.05, 3.63) is 22.8 Å². The van der Waals surface area contributed by atoms with Crippen LogP contribution in [0.4, 0.5) is 0 Å². The summed E-state index contributed by atoms with van der Waals surface area (Å²) in [4.78, 5) is 7.80. The van der Waals surface area contributed by atoms with Crippen molar-refractivity contribution in [1.29, 1.82) is 0 Å². The SMILES string of the molecule is CCc1ccsc1-c1nc(C(N)CN2CCOCC2)no1. The van der Waals surface area contributed by atoms with Crippen molar-refractivity contribution in [1.82, 2.24) is 15.0 Å². The minimum Gasteiger partial charge on any atom is -0.379 e. The maximum atomic E-state index is 6.20. The van der Waals surface area contributed by atoms with Gasteiger partial charge in [-0.2, -0.15) is 4.98 Å². The molecule has 0 radical (unpaired) electrons. The van der Waals surface area contributed by atoms with E-state index in [1.165, 1.54) is 5.56 Å². The number of nitrogens with two attached hydrogens (primary N) is 1. The van der Waals surface area contributed by atoms with Crippen LogP contribution in [0.5, 0.6) is 0 Å². The van der Waals surface area contributed by atoms with Gasteiger partial charge in [0.2, 0.25) is 0 Å². The first-order valence-corrected chi connectivity index (χ1v) is 8.12.